The van der Waals surface area contributed by atoms with Crippen LogP contribution in [0.3, 0.4) is 0 Å². The van der Waals surface area contributed by atoms with E-state index in [2.05, 4.69) is 36.8 Å². The van der Waals surface area contributed by atoms with Gasteiger partial charge in [-0.2, -0.15) is 0 Å². The van der Waals surface area contributed by atoms with E-state index in [4.69, 9.17) is 0 Å². The summed E-state index contributed by atoms with van der Waals surface area (Å²) in [5.41, 5.74) is 0. The Balaban J connectivity index is 3.62. The zero-order valence-electron chi connectivity index (χ0n) is 44.6. The van der Waals surface area contributed by atoms with Gasteiger partial charge in [0.2, 0.25) is 0 Å². The van der Waals surface area contributed by atoms with E-state index in [1.807, 2.05) is 0 Å². The molecule has 2 heteroatoms. The molecule has 0 bridgehead atoms. The minimum Gasteiger partial charge on any atom is -0.226 e. The van der Waals surface area contributed by atoms with Gasteiger partial charge in [-0.05, 0) is 18.8 Å². The second-order valence-electron chi connectivity index (χ2n) is 21.1. The number of unbranched alkanes of at least 4 members (excludes halogenated alkanes) is 47. The fourth-order valence-corrected chi connectivity index (χ4v) is 10.1. The van der Waals surface area contributed by atoms with Crippen molar-refractivity contribution in [3.05, 3.63) is 0 Å². The molecule has 0 radical (unpaired) electrons. The van der Waals surface area contributed by atoms with Crippen LogP contribution in [0.25, 0.3) is 0 Å². The van der Waals surface area contributed by atoms with Crippen LogP contribution in [0.4, 0.5) is 0 Å². The molecule has 376 valence electrons. The van der Waals surface area contributed by atoms with Gasteiger partial charge in [0.25, 0.3) is 0 Å². The molecule has 63 heavy (non-hydrogen) atoms. The minimum absolute atomic E-state index is 0.918. The molecule has 0 unspecified atom stereocenters. The van der Waals surface area contributed by atoms with Crippen LogP contribution < -0.4 is 0 Å². The molecule has 0 aromatic heterocycles. The summed E-state index contributed by atoms with van der Waals surface area (Å²) in [5.74, 6) is 1.02. The average Bonchev–Trinajstić information content (AvgIpc) is 3.29. The van der Waals surface area contributed by atoms with Crippen molar-refractivity contribution in [2.75, 3.05) is 13.1 Å². The maximum atomic E-state index is 4.43. The molecule has 0 amide bonds. The molecule has 0 N–H and O–H groups in total. The highest BCUT2D eigenvalue weighted by molar-refractivity contribution is 5.40. The van der Waals surface area contributed by atoms with E-state index in [1.165, 1.54) is 347 Å². The lowest BCUT2D eigenvalue weighted by Gasteiger charge is -2.17. The van der Waals surface area contributed by atoms with Gasteiger partial charge in [0.15, 0.2) is 0 Å². The maximum Gasteiger partial charge on any atom is 0.0892 e. The monoisotopic (exact) mass is 883 g/mol. The smallest absolute Gasteiger partial charge is 0.0892 e. The van der Waals surface area contributed by atoms with Gasteiger partial charge in [-0.15, -0.1) is 0 Å². The van der Waals surface area contributed by atoms with Crippen LogP contribution in [0, 0.1) is 5.92 Å². The Labute approximate surface area is 400 Å². The Hall–Kier alpha value is -0.620. The summed E-state index contributed by atoms with van der Waals surface area (Å²) < 4.78 is 0. The summed E-state index contributed by atoms with van der Waals surface area (Å²) in [7, 11) is 0. The van der Waals surface area contributed by atoms with Gasteiger partial charge < -0.3 is 0 Å². The summed E-state index contributed by atoms with van der Waals surface area (Å²) in [6.45, 7) is 8.79. The second kappa shape index (κ2) is 59.4. The van der Waals surface area contributed by atoms with E-state index < -0.39 is 0 Å². The highest BCUT2D eigenvalue weighted by atomic mass is 14.8. The fraction of sp³-hybridized carbons (Fsp3) is 0.984. The number of aliphatic imine (C=N–C) groups is 2. The quantitative estimate of drug-likeness (QED) is 0.0429. The summed E-state index contributed by atoms with van der Waals surface area (Å²) in [4.78, 5) is 8.85. The molecule has 0 fully saturated rings. The number of nitrogens with zero attached hydrogens (tertiary/aromatic N) is 2. The van der Waals surface area contributed by atoms with E-state index in [0.717, 1.165) is 19.0 Å². The largest absolute Gasteiger partial charge is 0.226 e. The minimum atomic E-state index is 0.918. The lowest BCUT2D eigenvalue weighted by molar-refractivity contribution is 0.365. The van der Waals surface area contributed by atoms with Crippen LogP contribution in [0.1, 0.15) is 367 Å². The van der Waals surface area contributed by atoms with Crippen LogP contribution in [0.15, 0.2) is 9.98 Å². The van der Waals surface area contributed by atoms with Crippen molar-refractivity contribution in [2.24, 2.45) is 15.9 Å². The molecule has 0 heterocycles. The summed E-state index contributed by atoms with van der Waals surface area (Å²) >= 11 is 0. The Morgan fingerprint density at radius 3 is 0.556 bits per heavy atom. The van der Waals surface area contributed by atoms with Crippen molar-refractivity contribution < 1.29 is 0 Å². The van der Waals surface area contributed by atoms with Crippen LogP contribution in [-0.4, -0.2) is 19.1 Å². The third kappa shape index (κ3) is 57.4. The maximum absolute atomic E-state index is 4.43. The van der Waals surface area contributed by atoms with Crippen molar-refractivity contribution in [1.29, 1.82) is 0 Å². The Bertz CT molecular complexity index is 820. The van der Waals surface area contributed by atoms with Crippen molar-refractivity contribution in [2.45, 2.75) is 367 Å². The molecule has 0 aliphatic heterocycles. The van der Waals surface area contributed by atoms with E-state index in [9.17, 15) is 0 Å². The number of hydrogen-bond donors (Lipinski definition) is 0. The van der Waals surface area contributed by atoms with E-state index in [-0.39, 0.29) is 0 Å². The number of hydrogen-bond acceptors (Lipinski definition) is 2. The fourth-order valence-electron chi connectivity index (χ4n) is 10.1. The van der Waals surface area contributed by atoms with Gasteiger partial charge in [-0.1, -0.05) is 355 Å². The van der Waals surface area contributed by atoms with Gasteiger partial charge in [0.1, 0.15) is 0 Å². The first-order chi connectivity index (χ1) is 31.3. The molecule has 0 spiro atoms. The van der Waals surface area contributed by atoms with Gasteiger partial charge in [0, 0.05) is 13.1 Å². The molecule has 0 aromatic rings. The molecule has 0 rings (SSSR count). The topological polar surface area (TPSA) is 24.7 Å². The van der Waals surface area contributed by atoms with E-state index in [0.29, 0.717) is 0 Å². The van der Waals surface area contributed by atoms with Crippen molar-refractivity contribution in [3.63, 3.8) is 0 Å². The Morgan fingerprint density at radius 2 is 0.365 bits per heavy atom. The number of rotatable bonds is 57. The first-order valence-electron chi connectivity index (χ1n) is 30.4. The Morgan fingerprint density at radius 1 is 0.206 bits per heavy atom. The van der Waals surface area contributed by atoms with Gasteiger partial charge in [0.05, 0.1) is 6.01 Å². The summed E-state index contributed by atoms with van der Waals surface area (Å²) in [6.07, 6.45) is 78.2. The Kier molecular flexibility index (Phi) is 58.8. The zero-order valence-corrected chi connectivity index (χ0v) is 44.6. The van der Waals surface area contributed by atoms with Crippen LogP contribution in [0.5, 0.6) is 0 Å². The summed E-state index contributed by atoms with van der Waals surface area (Å²) in [6, 6.07) is 2.98. The van der Waals surface area contributed by atoms with Gasteiger partial charge in [-0.3, -0.25) is 0 Å². The molecule has 2 nitrogen and oxygen atoms in total. The predicted molar refractivity (Wildman–Crippen MR) is 289 cm³/mol. The van der Waals surface area contributed by atoms with Gasteiger partial charge >= 0.3 is 0 Å². The first-order valence-corrected chi connectivity index (χ1v) is 30.4. The molecule has 0 atom stereocenters. The highest BCUT2D eigenvalue weighted by Gasteiger charge is 2.09. The molecule has 0 saturated heterocycles. The standard InChI is InChI=1S/C61H122N2/c1-4-7-10-13-16-19-22-23-24-27-30-33-38-43-48-53-58-62-60-63-59-54-49-44-39-34-31-28-25-26-29-32-37-42-47-52-57-61(55-50-45-40-35-20-17-14-11-8-5-2)56-51-46-41-36-21-18-15-12-9-6-3/h61H,4-59H2,1-3H3. The summed E-state index contributed by atoms with van der Waals surface area (Å²) in [5, 5.41) is 0. The molecule has 0 aromatic carbocycles. The predicted octanol–water partition coefficient (Wildman–Crippen LogP) is 22.9. The van der Waals surface area contributed by atoms with Crippen molar-refractivity contribution >= 4 is 6.01 Å². The van der Waals surface area contributed by atoms with E-state index in [1.54, 1.807) is 0 Å². The zero-order chi connectivity index (χ0) is 45.3. The van der Waals surface area contributed by atoms with Gasteiger partial charge in [-0.25, -0.2) is 9.98 Å². The van der Waals surface area contributed by atoms with E-state index >= 15 is 0 Å². The first kappa shape index (κ1) is 62.4. The molecular formula is C61H122N2. The lowest BCUT2D eigenvalue weighted by Crippen LogP contribution is -2.01. The molecule has 0 saturated carbocycles. The van der Waals surface area contributed by atoms with Crippen LogP contribution >= 0.6 is 0 Å². The molecular weight excluding hydrogens is 761 g/mol. The van der Waals surface area contributed by atoms with Crippen molar-refractivity contribution in [3.8, 4) is 0 Å². The third-order valence-corrected chi connectivity index (χ3v) is 14.6. The lowest BCUT2D eigenvalue weighted by atomic mass is 9.89. The normalized spacial score (nSPS) is 11.6. The van der Waals surface area contributed by atoms with Crippen LogP contribution in [-0.2, 0) is 0 Å². The second-order valence-corrected chi connectivity index (χ2v) is 21.1. The van der Waals surface area contributed by atoms with Crippen molar-refractivity contribution in [1.82, 2.24) is 0 Å². The SMILES string of the molecule is CCCCCCCCCCCCCCCCCCN=C=NCCCCCCCCCCCCCCCCCC(CCCCCCCCCCCC)CCCCCCCCCCCC. The van der Waals surface area contributed by atoms with Crippen LogP contribution in [0.2, 0.25) is 0 Å². The average molecular weight is 884 g/mol. The molecule has 0 aliphatic carbocycles. The highest BCUT2D eigenvalue weighted by Crippen LogP contribution is 2.25. The molecule has 0 aliphatic rings. The third-order valence-electron chi connectivity index (χ3n) is 14.6.